The average molecular weight is 256 g/mol. The molecule has 19 heavy (non-hydrogen) atoms. The van der Waals surface area contributed by atoms with Crippen LogP contribution in [0.1, 0.15) is 31.9 Å². The van der Waals surface area contributed by atoms with Crippen molar-refractivity contribution in [2.75, 3.05) is 5.43 Å². The minimum absolute atomic E-state index is 0.116. The van der Waals surface area contributed by atoms with Gasteiger partial charge in [0.1, 0.15) is 0 Å². The van der Waals surface area contributed by atoms with Crippen molar-refractivity contribution in [1.29, 1.82) is 0 Å². The third-order valence-electron chi connectivity index (χ3n) is 3.16. The first-order valence-corrected chi connectivity index (χ1v) is 6.33. The molecule has 0 fully saturated rings. The Morgan fingerprint density at radius 1 is 1.16 bits per heavy atom. The predicted octanol–water partition coefficient (Wildman–Crippen LogP) is 3.04. The molecule has 0 aliphatic rings. The summed E-state index contributed by atoms with van der Waals surface area (Å²) in [5.41, 5.74) is 7.07. The van der Waals surface area contributed by atoms with Crippen molar-refractivity contribution in [2.24, 2.45) is 5.84 Å². The smallest absolute Gasteiger partial charge is 0.237 e. The van der Waals surface area contributed by atoms with Crippen LogP contribution >= 0.6 is 0 Å². The first kappa shape index (κ1) is 13.5. The van der Waals surface area contributed by atoms with Crippen LogP contribution in [-0.4, -0.2) is 9.97 Å². The molecule has 0 bridgehead atoms. The maximum absolute atomic E-state index is 5.36. The summed E-state index contributed by atoms with van der Waals surface area (Å²) in [5.74, 6) is 5.79. The number of hydrogen-bond acceptors (Lipinski definition) is 4. The van der Waals surface area contributed by atoms with Gasteiger partial charge in [-0.3, -0.25) is 5.43 Å². The molecule has 0 unspecified atom stereocenters. The highest BCUT2D eigenvalue weighted by Gasteiger charge is 2.15. The Morgan fingerprint density at radius 2 is 1.89 bits per heavy atom. The van der Waals surface area contributed by atoms with Crippen molar-refractivity contribution in [1.82, 2.24) is 9.97 Å². The lowest BCUT2D eigenvalue weighted by molar-refractivity contribution is 0.590. The van der Waals surface area contributed by atoms with Gasteiger partial charge in [-0.05, 0) is 35.6 Å². The summed E-state index contributed by atoms with van der Waals surface area (Å²) >= 11 is 0. The maximum atomic E-state index is 5.36. The Bertz CT molecular complexity index is 585. The summed E-state index contributed by atoms with van der Waals surface area (Å²) in [6, 6.07) is 8.39. The second-order valence-corrected chi connectivity index (χ2v) is 5.69. The summed E-state index contributed by atoms with van der Waals surface area (Å²) in [6.07, 6.45) is 1.71. The van der Waals surface area contributed by atoms with Gasteiger partial charge in [0.2, 0.25) is 5.95 Å². The molecule has 0 spiro atoms. The zero-order chi connectivity index (χ0) is 14.0. The molecule has 0 amide bonds. The quantitative estimate of drug-likeness (QED) is 0.640. The number of aromatic nitrogens is 2. The highest BCUT2D eigenvalue weighted by Crippen LogP contribution is 2.29. The summed E-state index contributed by atoms with van der Waals surface area (Å²) in [4.78, 5) is 8.44. The van der Waals surface area contributed by atoms with Gasteiger partial charge in [0, 0.05) is 11.8 Å². The van der Waals surface area contributed by atoms with Crippen LogP contribution in [0.15, 0.2) is 30.5 Å². The fourth-order valence-corrected chi connectivity index (χ4v) is 1.94. The van der Waals surface area contributed by atoms with E-state index in [1.54, 1.807) is 6.20 Å². The molecule has 0 aliphatic carbocycles. The van der Waals surface area contributed by atoms with E-state index in [-0.39, 0.29) is 5.41 Å². The van der Waals surface area contributed by atoms with E-state index in [1.807, 2.05) is 6.07 Å². The average Bonchev–Trinajstić information content (AvgIpc) is 2.38. The molecule has 0 saturated heterocycles. The third kappa shape index (κ3) is 2.90. The largest absolute Gasteiger partial charge is 0.292 e. The molecule has 3 N–H and O–H groups in total. The molecule has 0 saturated carbocycles. The normalized spacial score (nSPS) is 11.4. The molecule has 2 aromatic rings. The molecule has 0 aliphatic heterocycles. The highest BCUT2D eigenvalue weighted by molar-refractivity contribution is 5.65. The van der Waals surface area contributed by atoms with Gasteiger partial charge in [-0.2, -0.15) is 0 Å². The number of nitrogens with zero attached hydrogens (tertiary/aromatic N) is 2. The van der Waals surface area contributed by atoms with Crippen molar-refractivity contribution in [2.45, 2.75) is 33.1 Å². The van der Waals surface area contributed by atoms with Crippen LogP contribution in [0.2, 0.25) is 0 Å². The maximum Gasteiger partial charge on any atom is 0.237 e. The number of nitrogens with two attached hydrogens (primary N) is 1. The van der Waals surface area contributed by atoms with E-state index in [4.69, 9.17) is 5.84 Å². The molecule has 1 aromatic carbocycles. The van der Waals surface area contributed by atoms with Crippen LogP contribution in [0.4, 0.5) is 5.95 Å². The van der Waals surface area contributed by atoms with Gasteiger partial charge in [-0.1, -0.05) is 32.9 Å². The Morgan fingerprint density at radius 3 is 2.53 bits per heavy atom. The Labute approximate surface area is 114 Å². The van der Waals surface area contributed by atoms with Crippen LogP contribution in [0.5, 0.6) is 0 Å². The van der Waals surface area contributed by atoms with Crippen LogP contribution in [0.3, 0.4) is 0 Å². The third-order valence-corrected chi connectivity index (χ3v) is 3.16. The molecule has 1 aromatic heterocycles. The van der Waals surface area contributed by atoms with E-state index in [0.29, 0.717) is 5.95 Å². The first-order chi connectivity index (χ1) is 8.91. The molecule has 100 valence electrons. The molecule has 4 nitrogen and oxygen atoms in total. The fourth-order valence-electron chi connectivity index (χ4n) is 1.94. The standard InChI is InChI=1S/C15H20N4/c1-10-5-6-11(15(2,3)4)9-12(10)13-7-8-17-14(18-13)19-16/h5-9H,16H2,1-4H3,(H,17,18,19). The first-order valence-electron chi connectivity index (χ1n) is 6.33. The van der Waals surface area contributed by atoms with E-state index in [2.05, 4.69) is 61.3 Å². The summed E-state index contributed by atoms with van der Waals surface area (Å²) in [6.45, 7) is 8.69. The SMILES string of the molecule is Cc1ccc(C(C)(C)C)cc1-c1ccnc(NN)n1. The monoisotopic (exact) mass is 256 g/mol. The van der Waals surface area contributed by atoms with Gasteiger partial charge in [-0.25, -0.2) is 15.8 Å². The predicted molar refractivity (Wildman–Crippen MR) is 78.7 cm³/mol. The van der Waals surface area contributed by atoms with E-state index in [1.165, 1.54) is 11.1 Å². The van der Waals surface area contributed by atoms with Gasteiger partial charge in [0.25, 0.3) is 0 Å². The van der Waals surface area contributed by atoms with Crippen molar-refractivity contribution in [3.8, 4) is 11.3 Å². The van der Waals surface area contributed by atoms with Crippen LogP contribution in [0.25, 0.3) is 11.3 Å². The van der Waals surface area contributed by atoms with Gasteiger partial charge in [0.15, 0.2) is 0 Å². The Balaban J connectivity index is 2.54. The second kappa shape index (κ2) is 4.97. The molecule has 2 rings (SSSR count). The number of benzene rings is 1. The van der Waals surface area contributed by atoms with Crippen molar-refractivity contribution < 1.29 is 0 Å². The van der Waals surface area contributed by atoms with Crippen LogP contribution in [0, 0.1) is 6.92 Å². The second-order valence-electron chi connectivity index (χ2n) is 5.69. The Kier molecular flexibility index (Phi) is 3.53. The zero-order valence-corrected chi connectivity index (χ0v) is 11.9. The number of hydrazine groups is 1. The number of anilines is 1. The van der Waals surface area contributed by atoms with Crippen molar-refractivity contribution in [3.05, 3.63) is 41.6 Å². The van der Waals surface area contributed by atoms with Crippen LogP contribution in [-0.2, 0) is 5.41 Å². The van der Waals surface area contributed by atoms with Crippen molar-refractivity contribution in [3.63, 3.8) is 0 Å². The van der Waals surface area contributed by atoms with E-state index in [0.717, 1.165) is 11.3 Å². The fraction of sp³-hybridized carbons (Fsp3) is 0.333. The minimum Gasteiger partial charge on any atom is -0.292 e. The lowest BCUT2D eigenvalue weighted by Gasteiger charge is -2.20. The lowest BCUT2D eigenvalue weighted by Crippen LogP contribution is -2.12. The molecular formula is C15H20N4. The number of hydrogen-bond donors (Lipinski definition) is 2. The number of nitrogen functional groups attached to an aromatic ring is 1. The topological polar surface area (TPSA) is 63.8 Å². The van der Waals surface area contributed by atoms with Gasteiger partial charge >= 0.3 is 0 Å². The van der Waals surface area contributed by atoms with Crippen molar-refractivity contribution >= 4 is 5.95 Å². The van der Waals surface area contributed by atoms with Gasteiger partial charge in [-0.15, -0.1) is 0 Å². The highest BCUT2D eigenvalue weighted by atomic mass is 15.3. The lowest BCUT2D eigenvalue weighted by atomic mass is 9.85. The number of rotatable bonds is 2. The van der Waals surface area contributed by atoms with Crippen LogP contribution < -0.4 is 11.3 Å². The van der Waals surface area contributed by atoms with E-state index in [9.17, 15) is 0 Å². The molecular weight excluding hydrogens is 236 g/mol. The molecule has 4 heteroatoms. The zero-order valence-electron chi connectivity index (χ0n) is 11.9. The molecule has 0 radical (unpaired) electrons. The minimum atomic E-state index is 0.116. The van der Waals surface area contributed by atoms with Gasteiger partial charge < -0.3 is 0 Å². The van der Waals surface area contributed by atoms with E-state index < -0.39 is 0 Å². The molecule has 1 heterocycles. The van der Waals surface area contributed by atoms with Gasteiger partial charge in [0.05, 0.1) is 5.69 Å². The number of nitrogens with one attached hydrogen (secondary N) is 1. The number of aryl methyl sites for hydroxylation is 1. The Hall–Kier alpha value is -1.94. The summed E-state index contributed by atoms with van der Waals surface area (Å²) in [7, 11) is 0. The van der Waals surface area contributed by atoms with E-state index >= 15 is 0 Å². The summed E-state index contributed by atoms with van der Waals surface area (Å²) < 4.78 is 0. The molecule has 0 atom stereocenters. The summed E-state index contributed by atoms with van der Waals surface area (Å²) in [5, 5.41) is 0.